The van der Waals surface area contributed by atoms with Crippen LogP contribution in [0.5, 0.6) is 5.75 Å². The standard InChI is InChI=1S/C11H17O4P/c1-3-7-10(2)14-16(12,13)15-11-8-5-4-6-9-11/h4-6,8-10H,3,7H2,1-2H3,(H,12,13). The second kappa shape index (κ2) is 6.04. The Morgan fingerprint density at radius 3 is 2.56 bits per heavy atom. The molecule has 0 aliphatic heterocycles. The van der Waals surface area contributed by atoms with E-state index in [2.05, 4.69) is 0 Å². The van der Waals surface area contributed by atoms with Crippen molar-refractivity contribution in [3.63, 3.8) is 0 Å². The predicted molar refractivity (Wildman–Crippen MR) is 62.4 cm³/mol. The molecule has 1 rings (SSSR count). The molecule has 2 atom stereocenters. The zero-order valence-electron chi connectivity index (χ0n) is 9.50. The third-order valence-electron chi connectivity index (χ3n) is 1.97. The van der Waals surface area contributed by atoms with Gasteiger partial charge in [0.2, 0.25) is 0 Å². The van der Waals surface area contributed by atoms with Crippen molar-refractivity contribution in [3.05, 3.63) is 30.3 Å². The molecule has 1 N–H and O–H groups in total. The van der Waals surface area contributed by atoms with Crippen LogP contribution in [-0.2, 0) is 9.09 Å². The van der Waals surface area contributed by atoms with Crippen LogP contribution in [0.2, 0.25) is 0 Å². The molecule has 0 spiro atoms. The molecular formula is C11H17O4P. The maximum absolute atomic E-state index is 11.6. The van der Waals surface area contributed by atoms with Gasteiger partial charge in [0.1, 0.15) is 5.75 Å². The lowest BCUT2D eigenvalue weighted by Gasteiger charge is -2.17. The van der Waals surface area contributed by atoms with Crippen LogP contribution < -0.4 is 4.52 Å². The fraction of sp³-hybridized carbons (Fsp3) is 0.455. The van der Waals surface area contributed by atoms with Gasteiger partial charge in [0.15, 0.2) is 0 Å². The Hall–Kier alpha value is -0.830. The number of hydrogen-bond acceptors (Lipinski definition) is 3. The molecule has 1 aromatic carbocycles. The molecule has 2 unspecified atom stereocenters. The van der Waals surface area contributed by atoms with Crippen LogP contribution in [0, 0.1) is 0 Å². The Kier molecular flexibility index (Phi) is 5.00. The maximum Gasteiger partial charge on any atom is 0.527 e. The molecule has 0 fully saturated rings. The highest BCUT2D eigenvalue weighted by molar-refractivity contribution is 7.47. The summed E-state index contributed by atoms with van der Waals surface area (Å²) in [5, 5.41) is 0. The summed E-state index contributed by atoms with van der Waals surface area (Å²) in [5.41, 5.74) is 0. The Bertz CT molecular complexity index is 352. The second-order valence-electron chi connectivity index (χ2n) is 3.58. The Labute approximate surface area is 95.8 Å². The quantitative estimate of drug-likeness (QED) is 0.779. The number of para-hydroxylation sites is 1. The highest BCUT2D eigenvalue weighted by atomic mass is 31.2. The Morgan fingerprint density at radius 2 is 2.00 bits per heavy atom. The third kappa shape index (κ3) is 4.79. The molecule has 0 aromatic heterocycles. The van der Waals surface area contributed by atoms with Gasteiger partial charge in [-0.05, 0) is 25.5 Å². The smallest absolute Gasteiger partial charge is 0.404 e. The van der Waals surface area contributed by atoms with E-state index in [9.17, 15) is 9.46 Å². The van der Waals surface area contributed by atoms with Crippen molar-refractivity contribution in [3.8, 4) is 5.75 Å². The largest absolute Gasteiger partial charge is 0.527 e. The van der Waals surface area contributed by atoms with Crippen LogP contribution in [0.1, 0.15) is 26.7 Å². The van der Waals surface area contributed by atoms with Crippen LogP contribution in [0.25, 0.3) is 0 Å². The summed E-state index contributed by atoms with van der Waals surface area (Å²) in [6.45, 7) is 3.74. The first kappa shape index (κ1) is 13.2. The molecule has 1 aromatic rings. The number of rotatable bonds is 6. The first-order valence-corrected chi connectivity index (χ1v) is 6.79. The molecule has 16 heavy (non-hydrogen) atoms. The van der Waals surface area contributed by atoms with Crippen molar-refractivity contribution in [1.29, 1.82) is 0 Å². The first-order chi connectivity index (χ1) is 7.53. The van der Waals surface area contributed by atoms with Crippen LogP contribution in [0.3, 0.4) is 0 Å². The van der Waals surface area contributed by atoms with Crippen LogP contribution in [0.15, 0.2) is 30.3 Å². The summed E-state index contributed by atoms with van der Waals surface area (Å²) >= 11 is 0. The topological polar surface area (TPSA) is 55.8 Å². The van der Waals surface area contributed by atoms with Gasteiger partial charge >= 0.3 is 7.82 Å². The van der Waals surface area contributed by atoms with Crippen molar-refractivity contribution in [2.75, 3.05) is 0 Å². The molecular weight excluding hydrogens is 227 g/mol. The van der Waals surface area contributed by atoms with E-state index in [4.69, 9.17) is 9.05 Å². The van der Waals surface area contributed by atoms with Crippen molar-refractivity contribution >= 4 is 7.82 Å². The third-order valence-corrected chi connectivity index (χ3v) is 3.04. The zero-order chi connectivity index (χ0) is 12.0. The van der Waals surface area contributed by atoms with E-state index >= 15 is 0 Å². The van der Waals surface area contributed by atoms with Crippen LogP contribution in [-0.4, -0.2) is 11.0 Å². The number of benzene rings is 1. The van der Waals surface area contributed by atoms with Gasteiger partial charge < -0.3 is 4.52 Å². The highest BCUT2D eigenvalue weighted by Gasteiger charge is 2.25. The van der Waals surface area contributed by atoms with Gasteiger partial charge in [-0.15, -0.1) is 0 Å². The van der Waals surface area contributed by atoms with E-state index in [1.165, 1.54) is 0 Å². The van der Waals surface area contributed by atoms with Crippen LogP contribution in [0.4, 0.5) is 0 Å². The molecule has 0 saturated heterocycles. The molecule has 0 heterocycles. The summed E-state index contributed by atoms with van der Waals surface area (Å²) < 4.78 is 21.5. The molecule has 90 valence electrons. The molecule has 0 saturated carbocycles. The fourth-order valence-corrected chi connectivity index (χ4v) is 2.31. The Balaban J connectivity index is 2.55. The number of phosphoric ester groups is 1. The summed E-state index contributed by atoms with van der Waals surface area (Å²) in [6, 6.07) is 8.47. The molecule has 0 aliphatic rings. The van der Waals surface area contributed by atoms with E-state index in [0.717, 1.165) is 12.8 Å². The summed E-state index contributed by atoms with van der Waals surface area (Å²) in [4.78, 5) is 9.48. The number of phosphoric acid groups is 1. The number of hydrogen-bond donors (Lipinski definition) is 1. The minimum Gasteiger partial charge on any atom is -0.404 e. The summed E-state index contributed by atoms with van der Waals surface area (Å²) in [6.07, 6.45) is 1.33. The molecule has 0 aliphatic carbocycles. The molecule has 0 bridgehead atoms. The SMILES string of the molecule is CCCC(C)OP(=O)(O)Oc1ccccc1. The minimum absolute atomic E-state index is 0.287. The lowest BCUT2D eigenvalue weighted by molar-refractivity contribution is 0.143. The maximum atomic E-state index is 11.6. The van der Waals surface area contributed by atoms with E-state index < -0.39 is 7.82 Å². The van der Waals surface area contributed by atoms with Crippen molar-refractivity contribution in [1.82, 2.24) is 0 Å². The van der Waals surface area contributed by atoms with Crippen molar-refractivity contribution < 1.29 is 18.5 Å². The highest BCUT2D eigenvalue weighted by Crippen LogP contribution is 2.45. The molecule has 5 heteroatoms. The van der Waals surface area contributed by atoms with Crippen molar-refractivity contribution in [2.45, 2.75) is 32.8 Å². The van der Waals surface area contributed by atoms with Gasteiger partial charge in [0.25, 0.3) is 0 Å². The molecule has 4 nitrogen and oxygen atoms in total. The summed E-state index contributed by atoms with van der Waals surface area (Å²) in [5.74, 6) is 0.331. The minimum atomic E-state index is -4.00. The normalized spacial score (nSPS) is 16.4. The molecule has 0 amide bonds. The van der Waals surface area contributed by atoms with E-state index in [0.29, 0.717) is 5.75 Å². The van der Waals surface area contributed by atoms with Crippen molar-refractivity contribution in [2.24, 2.45) is 0 Å². The van der Waals surface area contributed by atoms with E-state index in [1.54, 1.807) is 37.3 Å². The zero-order valence-corrected chi connectivity index (χ0v) is 10.4. The average molecular weight is 244 g/mol. The van der Waals surface area contributed by atoms with Gasteiger partial charge in [-0.25, -0.2) is 4.57 Å². The van der Waals surface area contributed by atoms with Gasteiger partial charge in [-0.1, -0.05) is 31.5 Å². The van der Waals surface area contributed by atoms with Crippen LogP contribution >= 0.6 is 7.82 Å². The lowest BCUT2D eigenvalue weighted by atomic mass is 10.2. The summed E-state index contributed by atoms with van der Waals surface area (Å²) in [7, 11) is -4.00. The van der Waals surface area contributed by atoms with Gasteiger partial charge in [-0.3, -0.25) is 9.42 Å². The average Bonchev–Trinajstić information content (AvgIpc) is 2.17. The Morgan fingerprint density at radius 1 is 1.38 bits per heavy atom. The fourth-order valence-electron chi connectivity index (χ4n) is 1.32. The van der Waals surface area contributed by atoms with Gasteiger partial charge in [-0.2, -0.15) is 0 Å². The first-order valence-electron chi connectivity index (χ1n) is 5.29. The lowest BCUT2D eigenvalue weighted by Crippen LogP contribution is -2.08. The predicted octanol–water partition coefficient (Wildman–Crippen LogP) is 3.37. The van der Waals surface area contributed by atoms with Gasteiger partial charge in [0.05, 0.1) is 6.10 Å². The van der Waals surface area contributed by atoms with E-state index in [1.807, 2.05) is 6.92 Å². The second-order valence-corrected chi connectivity index (χ2v) is 4.91. The van der Waals surface area contributed by atoms with E-state index in [-0.39, 0.29) is 6.10 Å². The monoisotopic (exact) mass is 244 g/mol. The van der Waals surface area contributed by atoms with Gasteiger partial charge in [0, 0.05) is 0 Å². The molecule has 0 radical (unpaired) electrons.